The summed E-state index contributed by atoms with van der Waals surface area (Å²) >= 11 is 0. The van der Waals surface area contributed by atoms with E-state index in [2.05, 4.69) is 36.9 Å². The van der Waals surface area contributed by atoms with E-state index < -0.39 is 47.5 Å². The highest BCUT2D eigenvalue weighted by Crippen LogP contribution is 2.15. The minimum absolute atomic E-state index is 0.0442. The number of carbonyl (C=O) groups is 4. The number of amides is 4. The van der Waals surface area contributed by atoms with Gasteiger partial charge in [-0.1, -0.05) is 56.3 Å². The molecular formula is C29H41N9O5. The number of azide groups is 1. The van der Waals surface area contributed by atoms with E-state index in [0.717, 1.165) is 5.56 Å². The van der Waals surface area contributed by atoms with Crippen LogP contribution in [0.15, 0.2) is 59.8 Å². The maximum absolute atomic E-state index is 13.5. The van der Waals surface area contributed by atoms with Crippen LogP contribution in [0, 0.1) is 5.92 Å². The molecule has 14 heteroatoms. The lowest BCUT2D eigenvalue weighted by atomic mass is 10.0. The van der Waals surface area contributed by atoms with Gasteiger partial charge in [-0.15, -0.1) is 5.53 Å². The van der Waals surface area contributed by atoms with Crippen molar-refractivity contribution in [2.75, 3.05) is 5.32 Å². The van der Waals surface area contributed by atoms with Crippen molar-refractivity contribution in [3.8, 4) is 0 Å². The van der Waals surface area contributed by atoms with Crippen LogP contribution in [0.4, 0.5) is 10.5 Å². The van der Waals surface area contributed by atoms with Crippen molar-refractivity contribution >= 4 is 29.5 Å². The number of hydrogen-bond acceptors (Lipinski definition) is 7. The van der Waals surface area contributed by atoms with Gasteiger partial charge in [0.15, 0.2) is 6.04 Å². The average molecular weight is 596 g/mol. The van der Waals surface area contributed by atoms with Crippen molar-refractivity contribution in [1.82, 2.24) is 21.5 Å². The Morgan fingerprint density at radius 3 is 1.98 bits per heavy atom. The van der Waals surface area contributed by atoms with E-state index in [4.69, 9.17) is 16.1 Å². The van der Waals surface area contributed by atoms with Gasteiger partial charge < -0.3 is 15.4 Å². The Morgan fingerprint density at radius 1 is 0.860 bits per heavy atom. The predicted molar refractivity (Wildman–Crippen MR) is 162 cm³/mol. The van der Waals surface area contributed by atoms with Crippen LogP contribution in [0.2, 0.25) is 0 Å². The molecule has 3 atom stereocenters. The number of anilines is 1. The first kappa shape index (κ1) is 34.4. The number of hydrogen-bond donors (Lipinski definition) is 6. The number of nitrogens with one attached hydrogen (secondary N) is 5. The highest BCUT2D eigenvalue weighted by molar-refractivity contribution is 5.93. The SMILES string of the molecule is CC(C)C[C@H](NC(=O)[C@H](Cc1ccc(NC(=O)OC(C)(C)C)cc1)NC(=O)[C@H](Cc1ccccc1)NN=[N+]=[N-])C(=O)NN. The second kappa shape index (κ2) is 16.6. The smallest absolute Gasteiger partial charge is 0.412 e. The van der Waals surface area contributed by atoms with Gasteiger partial charge in [0.2, 0.25) is 5.91 Å². The minimum Gasteiger partial charge on any atom is -0.444 e. The van der Waals surface area contributed by atoms with E-state index >= 15 is 0 Å². The lowest BCUT2D eigenvalue weighted by Crippen LogP contribution is -2.57. The molecule has 4 amide bonds. The first-order valence-electron chi connectivity index (χ1n) is 13.8. The lowest BCUT2D eigenvalue weighted by molar-refractivity contribution is -0.132. The predicted octanol–water partition coefficient (Wildman–Crippen LogP) is 3.01. The minimum atomic E-state index is -1.12. The number of rotatable bonds is 14. The van der Waals surface area contributed by atoms with Crippen molar-refractivity contribution in [3.63, 3.8) is 0 Å². The van der Waals surface area contributed by atoms with Gasteiger partial charge in [-0.3, -0.25) is 25.1 Å². The van der Waals surface area contributed by atoms with Gasteiger partial charge in [0.05, 0.1) is 0 Å². The van der Waals surface area contributed by atoms with E-state index in [9.17, 15) is 19.2 Å². The first-order valence-corrected chi connectivity index (χ1v) is 13.8. The summed E-state index contributed by atoms with van der Waals surface area (Å²) in [6, 6.07) is 12.7. The molecule has 0 heterocycles. The summed E-state index contributed by atoms with van der Waals surface area (Å²) in [5.74, 6) is 3.62. The van der Waals surface area contributed by atoms with Gasteiger partial charge >= 0.3 is 6.09 Å². The van der Waals surface area contributed by atoms with Crippen LogP contribution < -0.4 is 32.6 Å². The molecule has 2 aromatic carbocycles. The molecular weight excluding hydrogens is 554 g/mol. The molecule has 14 nitrogen and oxygen atoms in total. The lowest BCUT2D eigenvalue weighted by Gasteiger charge is -2.25. The van der Waals surface area contributed by atoms with E-state index in [1.165, 1.54) is 0 Å². The van der Waals surface area contributed by atoms with Crippen LogP contribution in [0.5, 0.6) is 0 Å². The number of nitrogens with two attached hydrogens (primary N) is 1. The third kappa shape index (κ3) is 12.7. The van der Waals surface area contributed by atoms with E-state index in [0.29, 0.717) is 17.7 Å². The highest BCUT2D eigenvalue weighted by atomic mass is 16.6. The first-order chi connectivity index (χ1) is 20.3. The molecule has 43 heavy (non-hydrogen) atoms. The standard InChI is InChI=1S/C29H41N9O5/c1-18(2)15-22(27(41)35-30)33-25(39)23(16-20-11-13-21(14-12-20)32-28(42)43-29(3,4)5)34-26(40)24(36-38-37-31)17-19-9-7-6-8-10-19/h6-14,18,22-24,36H,15-17,30H2,1-5H3,(H,32,42)(H,33,39)(H,34,40)(H,35,41)/t22-,23-,24-/m0/s1. The van der Waals surface area contributed by atoms with E-state index in [1.54, 1.807) is 45.0 Å². The molecule has 0 aliphatic carbocycles. The fourth-order valence-corrected chi connectivity index (χ4v) is 4.08. The molecule has 0 radical (unpaired) electrons. The third-order valence-electron chi connectivity index (χ3n) is 6.01. The third-order valence-corrected chi connectivity index (χ3v) is 6.01. The van der Waals surface area contributed by atoms with Crippen molar-refractivity contribution < 1.29 is 23.9 Å². The Balaban J connectivity index is 2.30. The molecule has 0 saturated carbocycles. The second-order valence-corrected chi connectivity index (χ2v) is 11.3. The van der Waals surface area contributed by atoms with E-state index in [-0.39, 0.29) is 18.8 Å². The fraction of sp³-hybridized carbons (Fsp3) is 0.448. The Labute approximate surface area is 251 Å². The van der Waals surface area contributed by atoms with Crippen LogP contribution in [0.1, 0.15) is 52.2 Å². The summed E-state index contributed by atoms with van der Waals surface area (Å²) in [7, 11) is 0. The molecule has 0 bridgehead atoms. The maximum Gasteiger partial charge on any atom is 0.412 e. The molecule has 0 aliphatic rings. The molecule has 0 spiro atoms. The van der Waals surface area contributed by atoms with Crippen molar-refractivity contribution in [2.45, 2.75) is 77.6 Å². The zero-order valence-corrected chi connectivity index (χ0v) is 25.1. The van der Waals surface area contributed by atoms with Gasteiger partial charge in [0.25, 0.3) is 11.8 Å². The zero-order chi connectivity index (χ0) is 32.0. The average Bonchev–Trinajstić information content (AvgIpc) is 2.94. The Morgan fingerprint density at radius 2 is 1.42 bits per heavy atom. The molecule has 0 saturated heterocycles. The van der Waals surface area contributed by atoms with Crippen LogP contribution in [-0.2, 0) is 32.0 Å². The van der Waals surface area contributed by atoms with Crippen molar-refractivity contribution in [1.29, 1.82) is 0 Å². The molecule has 0 unspecified atom stereocenters. The van der Waals surface area contributed by atoms with Crippen LogP contribution in [0.3, 0.4) is 0 Å². The van der Waals surface area contributed by atoms with Crippen LogP contribution in [-0.4, -0.2) is 47.5 Å². The molecule has 2 aromatic rings. The van der Waals surface area contributed by atoms with Gasteiger partial charge in [0, 0.05) is 18.5 Å². The number of benzene rings is 2. The highest BCUT2D eigenvalue weighted by Gasteiger charge is 2.30. The van der Waals surface area contributed by atoms with Gasteiger partial charge in [0.1, 0.15) is 17.7 Å². The summed E-state index contributed by atoms with van der Waals surface area (Å²) < 4.78 is 5.27. The Bertz CT molecular complexity index is 1270. The molecule has 232 valence electrons. The van der Waals surface area contributed by atoms with Gasteiger partial charge in [-0.2, -0.15) is 4.91 Å². The maximum atomic E-state index is 13.5. The quantitative estimate of drug-likeness (QED) is 0.0479. The van der Waals surface area contributed by atoms with Crippen molar-refractivity contribution in [3.05, 3.63) is 76.2 Å². The largest absolute Gasteiger partial charge is 0.444 e. The summed E-state index contributed by atoms with van der Waals surface area (Å²) in [4.78, 5) is 54.1. The normalized spacial score (nSPS) is 13.0. The molecule has 0 aromatic heterocycles. The second-order valence-electron chi connectivity index (χ2n) is 11.3. The molecule has 2 rings (SSSR count). The van der Waals surface area contributed by atoms with E-state index in [1.807, 2.05) is 44.2 Å². The summed E-state index contributed by atoms with van der Waals surface area (Å²) in [6.07, 6.45) is -0.0783. The zero-order valence-electron chi connectivity index (χ0n) is 25.1. The number of carbonyl (C=O) groups excluding carboxylic acids is 4. The van der Waals surface area contributed by atoms with Crippen LogP contribution in [0.25, 0.3) is 10.4 Å². The Kier molecular flexibility index (Phi) is 13.3. The number of nitrogens with zero attached hydrogens (tertiary/aromatic N) is 3. The number of hydrazine groups is 1. The summed E-state index contributed by atoms with van der Waals surface area (Å²) in [5, 5.41) is 11.4. The Hall–Kier alpha value is -4.81. The summed E-state index contributed by atoms with van der Waals surface area (Å²) in [6.45, 7) is 9.05. The summed E-state index contributed by atoms with van der Waals surface area (Å²) in [5.41, 5.74) is 14.6. The fourth-order valence-electron chi connectivity index (χ4n) is 4.08. The monoisotopic (exact) mass is 595 g/mol. The van der Waals surface area contributed by atoms with Gasteiger partial charge in [-0.05, 0) is 61.6 Å². The number of ether oxygens (including phenoxy) is 1. The topological polar surface area (TPSA) is 212 Å². The molecule has 7 N–H and O–H groups in total. The molecule has 0 fully saturated rings. The van der Waals surface area contributed by atoms with Crippen molar-refractivity contribution in [2.24, 2.45) is 17.0 Å². The van der Waals surface area contributed by atoms with Gasteiger partial charge in [-0.25, -0.2) is 16.1 Å². The molecule has 0 aliphatic heterocycles. The van der Waals surface area contributed by atoms with Crippen LogP contribution >= 0.6 is 0 Å².